The van der Waals surface area contributed by atoms with Gasteiger partial charge in [0.05, 0.1) is 19.2 Å². The summed E-state index contributed by atoms with van der Waals surface area (Å²) in [5.41, 5.74) is 1.08. The van der Waals surface area contributed by atoms with Crippen LogP contribution in [0.2, 0.25) is 5.02 Å². The van der Waals surface area contributed by atoms with Crippen LogP contribution in [0.15, 0.2) is 12.1 Å². The van der Waals surface area contributed by atoms with E-state index in [1.807, 2.05) is 12.1 Å². The van der Waals surface area contributed by atoms with E-state index in [2.05, 4.69) is 31.2 Å². The van der Waals surface area contributed by atoms with Crippen LogP contribution in [-0.2, 0) is 6.54 Å². The van der Waals surface area contributed by atoms with Crippen LogP contribution < -0.4 is 14.8 Å². The van der Waals surface area contributed by atoms with Crippen molar-refractivity contribution in [3.05, 3.63) is 22.7 Å². The van der Waals surface area contributed by atoms with E-state index in [9.17, 15) is 0 Å². The van der Waals surface area contributed by atoms with Crippen LogP contribution in [0.25, 0.3) is 0 Å². The van der Waals surface area contributed by atoms with Crippen LogP contribution in [0.5, 0.6) is 11.5 Å². The largest absolute Gasteiger partial charge is 0.493 e. The van der Waals surface area contributed by atoms with Crippen molar-refractivity contribution >= 4 is 11.6 Å². The summed E-state index contributed by atoms with van der Waals surface area (Å²) in [4.78, 5) is 2.15. The smallest absolute Gasteiger partial charge is 0.179 e. The number of methoxy groups -OCH3 is 2. The van der Waals surface area contributed by atoms with E-state index in [0.29, 0.717) is 22.6 Å². The second-order valence-electron chi connectivity index (χ2n) is 4.86. The lowest BCUT2D eigenvalue weighted by Gasteiger charge is -2.19. The highest BCUT2D eigenvalue weighted by Gasteiger charge is 2.11. The summed E-state index contributed by atoms with van der Waals surface area (Å²) >= 11 is 6.17. The number of nitrogens with one attached hydrogen (secondary N) is 1. The Balaban J connectivity index is 2.72. The topological polar surface area (TPSA) is 33.7 Å². The Labute approximate surface area is 120 Å². The van der Waals surface area contributed by atoms with E-state index in [0.717, 1.165) is 18.7 Å². The van der Waals surface area contributed by atoms with Gasteiger partial charge in [-0.25, -0.2) is 0 Å². The number of benzene rings is 1. The second-order valence-corrected chi connectivity index (χ2v) is 5.26. The molecule has 0 saturated carbocycles. The van der Waals surface area contributed by atoms with Crippen molar-refractivity contribution in [1.29, 1.82) is 0 Å². The molecule has 0 amide bonds. The Morgan fingerprint density at radius 2 is 1.95 bits per heavy atom. The van der Waals surface area contributed by atoms with Gasteiger partial charge in [-0.1, -0.05) is 11.6 Å². The van der Waals surface area contributed by atoms with Crippen molar-refractivity contribution in [2.75, 3.05) is 34.9 Å². The molecule has 1 aromatic rings. The summed E-state index contributed by atoms with van der Waals surface area (Å²) < 4.78 is 10.5. The molecule has 0 aliphatic carbocycles. The summed E-state index contributed by atoms with van der Waals surface area (Å²) in [6, 6.07) is 4.25. The van der Waals surface area contributed by atoms with Crippen molar-refractivity contribution in [2.45, 2.75) is 19.5 Å². The molecule has 0 fully saturated rings. The molecule has 0 aliphatic rings. The van der Waals surface area contributed by atoms with E-state index in [4.69, 9.17) is 21.1 Å². The number of halogens is 1. The zero-order chi connectivity index (χ0) is 14.4. The lowest BCUT2D eigenvalue weighted by molar-refractivity contribution is 0.347. The maximum Gasteiger partial charge on any atom is 0.179 e. The van der Waals surface area contributed by atoms with Gasteiger partial charge >= 0.3 is 0 Å². The van der Waals surface area contributed by atoms with Gasteiger partial charge in [0.25, 0.3) is 0 Å². The van der Waals surface area contributed by atoms with Crippen LogP contribution in [0.1, 0.15) is 12.5 Å². The molecule has 1 unspecified atom stereocenters. The average molecular weight is 287 g/mol. The van der Waals surface area contributed by atoms with E-state index in [1.165, 1.54) is 0 Å². The zero-order valence-electron chi connectivity index (χ0n) is 12.3. The number of hydrogen-bond donors (Lipinski definition) is 1. The molecule has 5 heteroatoms. The first-order chi connectivity index (χ1) is 8.97. The van der Waals surface area contributed by atoms with Crippen LogP contribution in [0.4, 0.5) is 0 Å². The molecule has 108 valence electrons. The summed E-state index contributed by atoms with van der Waals surface area (Å²) in [6.07, 6.45) is 0. The fourth-order valence-electron chi connectivity index (χ4n) is 1.98. The van der Waals surface area contributed by atoms with Gasteiger partial charge in [0.2, 0.25) is 0 Å². The highest BCUT2D eigenvalue weighted by molar-refractivity contribution is 6.32. The molecule has 0 bridgehead atoms. The molecular weight excluding hydrogens is 264 g/mol. The van der Waals surface area contributed by atoms with Gasteiger partial charge in [-0.3, -0.25) is 0 Å². The third kappa shape index (κ3) is 4.90. The van der Waals surface area contributed by atoms with Gasteiger partial charge in [-0.15, -0.1) is 0 Å². The quantitative estimate of drug-likeness (QED) is 0.835. The van der Waals surface area contributed by atoms with Crippen molar-refractivity contribution in [3.8, 4) is 11.5 Å². The number of hydrogen-bond acceptors (Lipinski definition) is 4. The Morgan fingerprint density at radius 1 is 1.26 bits per heavy atom. The lowest BCUT2D eigenvalue weighted by atomic mass is 10.2. The summed E-state index contributed by atoms with van der Waals surface area (Å²) in [6.45, 7) is 3.89. The van der Waals surface area contributed by atoms with Crippen LogP contribution in [0.3, 0.4) is 0 Å². The fraction of sp³-hybridized carbons (Fsp3) is 0.571. The molecule has 0 heterocycles. The molecule has 0 aliphatic heterocycles. The first-order valence-corrected chi connectivity index (χ1v) is 6.64. The van der Waals surface area contributed by atoms with Gasteiger partial charge in [0.15, 0.2) is 11.5 Å². The normalized spacial score (nSPS) is 12.6. The molecule has 1 N–H and O–H groups in total. The molecule has 0 radical (unpaired) electrons. The van der Waals surface area contributed by atoms with Gasteiger partial charge in [0, 0.05) is 19.1 Å². The summed E-state index contributed by atoms with van der Waals surface area (Å²) in [5.74, 6) is 1.24. The Hall–Kier alpha value is -0.970. The van der Waals surface area contributed by atoms with Gasteiger partial charge in [0.1, 0.15) is 0 Å². The Bertz CT molecular complexity index is 411. The second kappa shape index (κ2) is 7.58. The van der Waals surface area contributed by atoms with Crippen LogP contribution in [0, 0.1) is 0 Å². The average Bonchev–Trinajstić information content (AvgIpc) is 2.34. The Morgan fingerprint density at radius 3 is 2.47 bits per heavy atom. The predicted molar refractivity (Wildman–Crippen MR) is 79.4 cm³/mol. The minimum Gasteiger partial charge on any atom is -0.493 e. The van der Waals surface area contributed by atoms with Gasteiger partial charge in [-0.05, 0) is 38.7 Å². The molecule has 0 aromatic heterocycles. The lowest BCUT2D eigenvalue weighted by Crippen LogP contribution is -2.35. The van der Waals surface area contributed by atoms with Crippen molar-refractivity contribution in [1.82, 2.24) is 10.2 Å². The third-order valence-corrected chi connectivity index (χ3v) is 3.07. The van der Waals surface area contributed by atoms with Gasteiger partial charge in [-0.2, -0.15) is 0 Å². The molecule has 0 spiro atoms. The monoisotopic (exact) mass is 286 g/mol. The van der Waals surface area contributed by atoms with Gasteiger partial charge < -0.3 is 19.7 Å². The molecule has 19 heavy (non-hydrogen) atoms. The third-order valence-electron chi connectivity index (χ3n) is 2.79. The standard InChI is InChI=1S/C14H23ClN2O2/c1-10(9-17(2)3)16-8-11-6-12(15)14(19-5)13(7-11)18-4/h6-7,10,16H,8-9H2,1-5H3. The number of likely N-dealkylation sites (N-methyl/N-ethyl adjacent to an activating group) is 1. The molecule has 0 saturated heterocycles. The van der Waals surface area contributed by atoms with Crippen molar-refractivity contribution in [2.24, 2.45) is 0 Å². The summed E-state index contributed by atoms with van der Waals surface area (Å²) in [5, 5.41) is 4.02. The molecular formula is C14H23ClN2O2. The molecule has 1 atom stereocenters. The predicted octanol–water partition coefficient (Wildman–Crippen LogP) is 2.40. The van der Waals surface area contributed by atoms with E-state index < -0.39 is 0 Å². The first kappa shape index (κ1) is 16.1. The maximum absolute atomic E-state index is 6.17. The summed E-state index contributed by atoms with van der Waals surface area (Å²) in [7, 11) is 7.32. The first-order valence-electron chi connectivity index (χ1n) is 6.26. The van der Waals surface area contributed by atoms with E-state index in [1.54, 1.807) is 14.2 Å². The maximum atomic E-state index is 6.17. The zero-order valence-corrected chi connectivity index (χ0v) is 13.0. The molecule has 1 aromatic carbocycles. The number of ether oxygens (including phenoxy) is 2. The Kier molecular flexibility index (Phi) is 6.42. The van der Waals surface area contributed by atoms with Crippen molar-refractivity contribution < 1.29 is 9.47 Å². The molecule has 1 rings (SSSR count). The number of nitrogens with zero attached hydrogens (tertiary/aromatic N) is 1. The highest BCUT2D eigenvalue weighted by Crippen LogP contribution is 2.35. The van der Waals surface area contributed by atoms with E-state index in [-0.39, 0.29) is 0 Å². The molecule has 4 nitrogen and oxygen atoms in total. The fourth-order valence-corrected chi connectivity index (χ4v) is 2.29. The van der Waals surface area contributed by atoms with E-state index >= 15 is 0 Å². The number of rotatable bonds is 7. The SMILES string of the molecule is COc1cc(CNC(C)CN(C)C)cc(Cl)c1OC. The van der Waals surface area contributed by atoms with Crippen LogP contribution in [-0.4, -0.2) is 45.8 Å². The highest BCUT2D eigenvalue weighted by atomic mass is 35.5. The minimum atomic E-state index is 0.405. The minimum absolute atomic E-state index is 0.405. The van der Waals surface area contributed by atoms with Crippen LogP contribution >= 0.6 is 11.6 Å². The van der Waals surface area contributed by atoms with Crippen molar-refractivity contribution in [3.63, 3.8) is 0 Å².